The molecule has 0 radical (unpaired) electrons. The first-order valence-corrected chi connectivity index (χ1v) is 14.6. The number of rotatable bonds is 17. The maximum atomic E-state index is 13.8. The number of unbranched alkanes of at least 4 members (excludes halogenated alkanes) is 3. The summed E-state index contributed by atoms with van der Waals surface area (Å²) in [6.45, 7) is 10.8. The first-order valence-electron chi connectivity index (χ1n) is 14.6. The van der Waals surface area contributed by atoms with E-state index >= 15 is 0 Å². The lowest BCUT2D eigenvalue weighted by atomic mass is 9.93. The highest BCUT2D eigenvalue weighted by Crippen LogP contribution is 2.57. The fourth-order valence-corrected chi connectivity index (χ4v) is 5.76. The Morgan fingerprint density at radius 3 is 2.52 bits per heavy atom. The number of benzene rings is 1. The van der Waals surface area contributed by atoms with Gasteiger partial charge in [-0.25, -0.2) is 4.79 Å². The summed E-state index contributed by atoms with van der Waals surface area (Å²) in [6.07, 6.45) is 8.95. The number of urea groups is 1. The average molecular weight is 555 g/mol. The lowest BCUT2D eigenvalue weighted by molar-refractivity contribution is -0.150. The Labute approximate surface area is 239 Å². The van der Waals surface area contributed by atoms with Gasteiger partial charge in [-0.15, -0.1) is 13.2 Å². The van der Waals surface area contributed by atoms with Gasteiger partial charge in [0.15, 0.2) is 5.78 Å². The Hall–Kier alpha value is -3.13. The van der Waals surface area contributed by atoms with Gasteiger partial charge >= 0.3 is 12.0 Å². The summed E-state index contributed by atoms with van der Waals surface area (Å²) >= 11 is 0. The van der Waals surface area contributed by atoms with Crippen LogP contribution in [0, 0.1) is 11.3 Å². The number of nitrogens with zero attached hydrogens (tertiary/aromatic N) is 2. The number of amides is 2. The Morgan fingerprint density at radius 1 is 1.15 bits per heavy atom. The van der Waals surface area contributed by atoms with Gasteiger partial charge in [0.2, 0.25) is 0 Å². The number of carbonyl (C=O) groups excluding carboxylic acids is 3. The first kappa shape index (κ1) is 31.4. The molecule has 1 saturated carbocycles. The number of methoxy groups -OCH3 is 1. The van der Waals surface area contributed by atoms with Crippen LogP contribution in [0.25, 0.3) is 0 Å². The average Bonchev–Trinajstić information content (AvgIpc) is 3.55. The van der Waals surface area contributed by atoms with Crippen molar-refractivity contribution in [2.75, 3.05) is 26.8 Å². The molecule has 1 heterocycles. The van der Waals surface area contributed by atoms with Crippen LogP contribution < -0.4 is 4.74 Å². The summed E-state index contributed by atoms with van der Waals surface area (Å²) in [7, 11) is 1.61. The van der Waals surface area contributed by atoms with Crippen molar-refractivity contribution < 1.29 is 29.0 Å². The van der Waals surface area contributed by atoms with Crippen LogP contribution in [0.15, 0.2) is 49.6 Å². The van der Waals surface area contributed by atoms with Crippen molar-refractivity contribution in [2.45, 2.75) is 83.4 Å². The normalized spacial score (nSPS) is 23.4. The van der Waals surface area contributed by atoms with Gasteiger partial charge in [0.25, 0.3) is 0 Å². The molecule has 0 unspecified atom stereocenters. The van der Waals surface area contributed by atoms with Crippen molar-refractivity contribution in [1.29, 1.82) is 0 Å². The van der Waals surface area contributed by atoms with E-state index in [1.54, 1.807) is 29.9 Å². The topological polar surface area (TPSA) is 96.4 Å². The number of ketones is 1. The van der Waals surface area contributed by atoms with Crippen LogP contribution in [0.3, 0.4) is 0 Å². The molecule has 0 bridgehead atoms. The fourth-order valence-electron chi connectivity index (χ4n) is 5.76. The minimum atomic E-state index is -0.743. The van der Waals surface area contributed by atoms with Crippen molar-refractivity contribution in [3.05, 3.63) is 55.1 Å². The summed E-state index contributed by atoms with van der Waals surface area (Å²) in [5.41, 5.74) is 0.386. The highest BCUT2D eigenvalue weighted by Gasteiger charge is 2.59. The largest absolute Gasteiger partial charge is 0.497 e. The number of esters is 1. The molecule has 1 aromatic carbocycles. The molecule has 1 aliphatic carbocycles. The number of aliphatic hydroxyl groups is 1. The van der Waals surface area contributed by atoms with Crippen molar-refractivity contribution in [3.8, 4) is 5.75 Å². The van der Waals surface area contributed by atoms with E-state index in [2.05, 4.69) is 13.2 Å². The smallest absolute Gasteiger partial charge is 0.321 e. The molecule has 220 valence electrons. The minimum Gasteiger partial charge on any atom is -0.497 e. The van der Waals surface area contributed by atoms with Crippen LogP contribution in [0.5, 0.6) is 5.75 Å². The number of allylic oxidation sites excluding steroid dienone is 2. The molecule has 8 heteroatoms. The number of Topliss-reactive ketones (excluding diaryl/α,β-unsaturated/α-hetero) is 1. The maximum absolute atomic E-state index is 13.8. The van der Waals surface area contributed by atoms with E-state index in [1.165, 1.54) is 0 Å². The zero-order valence-electron chi connectivity index (χ0n) is 24.2. The molecule has 1 aliphatic heterocycles. The van der Waals surface area contributed by atoms with E-state index in [-0.39, 0.29) is 43.1 Å². The third kappa shape index (κ3) is 7.96. The van der Waals surface area contributed by atoms with Crippen LogP contribution in [-0.4, -0.2) is 71.6 Å². The lowest BCUT2D eigenvalue weighted by Gasteiger charge is -2.31. The van der Waals surface area contributed by atoms with Crippen LogP contribution >= 0.6 is 0 Å². The molecule has 1 N–H and O–H groups in total. The van der Waals surface area contributed by atoms with Gasteiger partial charge in [-0.2, -0.15) is 0 Å². The van der Waals surface area contributed by atoms with Gasteiger partial charge in [-0.05, 0) is 69.1 Å². The van der Waals surface area contributed by atoms with Crippen LogP contribution in [0.2, 0.25) is 0 Å². The number of likely N-dealkylation sites (tertiary alicyclic amines) is 1. The summed E-state index contributed by atoms with van der Waals surface area (Å²) < 4.78 is 10.5. The van der Waals surface area contributed by atoms with Gasteiger partial charge in [-0.3, -0.25) is 9.59 Å². The van der Waals surface area contributed by atoms with Gasteiger partial charge < -0.3 is 24.4 Å². The van der Waals surface area contributed by atoms with Crippen molar-refractivity contribution in [1.82, 2.24) is 9.80 Å². The zero-order chi connectivity index (χ0) is 29.1. The summed E-state index contributed by atoms with van der Waals surface area (Å²) in [4.78, 5) is 43.1. The van der Waals surface area contributed by atoms with Gasteiger partial charge in [0.1, 0.15) is 5.75 Å². The van der Waals surface area contributed by atoms with Crippen molar-refractivity contribution in [3.63, 3.8) is 0 Å². The standard InChI is InChI=1S/C32H46N2O6/c1-5-8-9-10-11-19-33(22-24-14-16-27(39-4)17-15-24)31(38)34-23-26(35)20-28(34)29(36)13-12-18-32(21-25(32)6-2)30(37)40-7-3/h5-6,14-17,25-26,28,35H,1-2,7-13,18-23H2,3-4H3/t25-,26-,28+,32+/m1/s1. The highest BCUT2D eigenvalue weighted by molar-refractivity contribution is 5.89. The first-order chi connectivity index (χ1) is 19.3. The van der Waals surface area contributed by atoms with Crippen molar-refractivity contribution in [2.24, 2.45) is 11.3 Å². The van der Waals surface area contributed by atoms with Crippen LogP contribution in [0.4, 0.5) is 4.79 Å². The molecule has 2 amide bonds. The molecule has 0 spiro atoms. The number of hydrogen-bond donors (Lipinski definition) is 1. The Kier molecular flexibility index (Phi) is 11.8. The second-order valence-electron chi connectivity index (χ2n) is 11.0. The number of carbonyl (C=O) groups is 3. The van der Waals surface area contributed by atoms with E-state index in [1.807, 2.05) is 30.3 Å². The Bertz CT molecular complexity index is 1020. The molecular weight excluding hydrogens is 508 g/mol. The summed E-state index contributed by atoms with van der Waals surface area (Å²) in [5, 5.41) is 10.5. The summed E-state index contributed by atoms with van der Waals surface area (Å²) in [6, 6.07) is 6.71. The molecule has 2 aliphatic rings. The molecule has 2 fully saturated rings. The van der Waals surface area contributed by atoms with E-state index in [9.17, 15) is 19.5 Å². The van der Waals surface area contributed by atoms with Gasteiger partial charge in [-0.1, -0.05) is 30.7 Å². The number of aliphatic hydroxyl groups excluding tert-OH is 1. The van der Waals surface area contributed by atoms with E-state index in [0.717, 1.165) is 37.0 Å². The maximum Gasteiger partial charge on any atom is 0.321 e. The number of ether oxygens (including phenoxy) is 2. The predicted molar refractivity (Wildman–Crippen MR) is 155 cm³/mol. The second-order valence-corrected chi connectivity index (χ2v) is 11.0. The SMILES string of the molecule is C=CCCCCCN(Cc1ccc(OC)cc1)C(=O)N1C[C@H](O)C[C@H]1C(=O)CCC[C@]1(C(=O)OCC)C[C@H]1C=C. The third-order valence-corrected chi connectivity index (χ3v) is 8.18. The predicted octanol–water partition coefficient (Wildman–Crippen LogP) is 5.29. The number of β-amino-alcohol motifs (C(OH)–C–C–N with tert-alkyl or cyclic N) is 1. The second kappa shape index (κ2) is 15.0. The Balaban J connectivity index is 1.65. The molecule has 3 rings (SSSR count). The van der Waals surface area contributed by atoms with E-state index in [0.29, 0.717) is 39.0 Å². The van der Waals surface area contributed by atoms with Gasteiger partial charge in [0.05, 0.1) is 31.3 Å². The quantitative estimate of drug-likeness (QED) is 0.160. The zero-order valence-corrected chi connectivity index (χ0v) is 24.2. The van der Waals surface area contributed by atoms with E-state index < -0.39 is 17.6 Å². The van der Waals surface area contributed by atoms with Crippen LogP contribution in [0.1, 0.15) is 70.3 Å². The minimum absolute atomic E-state index is 0.0740. The highest BCUT2D eigenvalue weighted by atomic mass is 16.5. The third-order valence-electron chi connectivity index (χ3n) is 8.18. The monoisotopic (exact) mass is 554 g/mol. The molecule has 1 aromatic rings. The van der Waals surface area contributed by atoms with Gasteiger partial charge in [0, 0.05) is 32.5 Å². The molecule has 0 aromatic heterocycles. The van der Waals surface area contributed by atoms with Crippen molar-refractivity contribution >= 4 is 17.8 Å². The lowest BCUT2D eigenvalue weighted by Crippen LogP contribution is -2.48. The van der Waals surface area contributed by atoms with E-state index in [4.69, 9.17) is 9.47 Å². The summed E-state index contributed by atoms with van der Waals surface area (Å²) in [5.74, 6) is 0.526. The van der Waals surface area contributed by atoms with Crippen LogP contribution in [-0.2, 0) is 20.9 Å². The molecule has 40 heavy (non-hydrogen) atoms. The fraction of sp³-hybridized carbons (Fsp3) is 0.594. The molecule has 4 atom stereocenters. The molecular formula is C32H46N2O6. The Morgan fingerprint density at radius 2 is 1.90 bits per heavy atom. The number of hydrogen-bond acceptors (Lipinski definition) is 6. The molecule has 1 saturated heterocycles. The molecule has 8 nitrogen and oxygen atoms in total.